The van der Waals surface area contributed by atoms with Crippen molar-refractivity contribution in [2.75, 3.05) is 7.11 Å². The normalized spacial score (nSPS) is 10.7. The molecule has 0 fully saturated rings. The summed E-state index contributed by atoms with van der Waals surface area (Å²) >= 11 is 1.71. The molecule has 2 aromatic rings. The summed E-state index contributed by atoms with van der Waals surface area (Å²) in [5, 5.41) is 9.94. The van der Waals surface area contributed by atoms with Crippen LogP contribution in [0.1, 0.15) is 13.8 Å². The number of nitrogens with zero attached hydrogens (tertiary/aromatic N) is 2. The molecule has 2 rings (SSSR count). The zero-order valence-corrected chi connectivity index (χ0v) is 11.6. The van der Waals surface area contributed by atoms with Crippen LogP contribution in [0.5, 0.6) is 5.75 Å². The first-order chi connectivity index (χ1) is 8.69. The molecule has 0 atom stereocenters. The minimum atomic E-state index is 0.516. The highest BCUT2D eigenvalue weighted by atomic mass is 32.2. The van der Waals surface area contributed by atoms with Gasteiger partial charge in [0.2, 0.25) is 0 Å². The van der Waals surface area contributed by atoms with Crippen molar-refractivity contribution in [1.29, 1.82) is 0 Å². The van der Waals surface area contributed by atoms with Gasteiger partial charge in [-0.25, -0.2) is 0 Å². The van der Waals surface area contributed by atoms with Crippen molar-refractivity contribution >= 4 is 11.8 Å². The molecule has 0 spiro atoms. The summed E-state index contributed by atoms with van der Waals surface area (Å²) in [5.74, 6) is 0.829. The molecule has 0 saturated heterocycles. The van der Waals surface area contributed by atoms with E-state index in [0.29, 0.717) is 5.25 Å². The van der Waals surface area contributed by atoms with E-state index in [1.807, 2.05) is 36.4 Å². The van der Waals surface area contributed by atoms with E-state index in [-0.39, 0.29) is 0 Å². The summed E-state index contributed by atoms with van der Waals surface area (Å²) < 4.78 is 5.20. The van der Waals surface area contributed by atoms with Gasteiger partial charge in [-0.15, -0.1) is 22.0 Å². The van der Waals surface area contributed by atoms with Crippen molar-refractivity contribution in [3.8, 4) is 17.0 Å². The monoisotopic (exact) mass is 260 g/mol. The lowest BCUT2D eigenvalue weighted by atomic mass is 10.1. The lowest BCUT2D eigenvalue weighted by Crippen LogP contribution is -1.93. The minimum absolute atomic E-state index is 0.516. The van der Waals surface area contributed by atoms with Gasteiger partial charge in [-0.3, -0.25) is 0 Å². The highest BCUT2D eigenvalue weighted by Gasteiger charge is 2.04. The van der Waals surface area contributed by atoms with Crippen LogP contribution in [0.25, 0.3) is 11.3 Å². The summed E-state index contributed by atoms with van der Waals surface area (Å²) in [6.07, 6.45) is 0. The molecule has 1 heterocycles. The van der Waals surface area contributed by atoms with E-state index < -0.39 is 0 Å². The Morgan fingerprint density at radius 2 is 1.94 bits per heavy atom. The molecule has 18 heavy (non-hydrogen) atoms. The molecule has 1 aromatic carbocycles. The largest absolute Gasteiger partial charge is 0.497 e. The fourth-order valence-corrected chi connectivity index (χ4v) is 2.28. The smallest absolute Gasteiger partial charge is 0.119 e. The van der Waals surface area contributed by atoms with Crippen LogP contribution >= 0.6 is 11.8 Å². The Morgan fingerprint density at radius 3 is 2.56 bits per heavy atom. The van der Waals surface area contributed by atoms with Crippen molar-refractivity contribution in [2.45, 2.75) is 24.1 Å². The van der Waals surface area contributed by atoms with Gasteiger partial charge in [0.25, 0.3) is 0 Å². The zero-order chi connectivity index (χ0) is 13.0. The molecule has 0 bridgehead atoms. The third-order valence-corrected chi connectivity index (χ3v) is 3.29. The van der Waals surface area contributed by atoms with Gasteiger partial charge in [-0.1, -0.05) is 26.0 Å². The van der Waals surface area contributed by atoms with Gasteiger partial charge in [0, 0.05) is 10.8 Å². The standard InChI is InChI=1S/C14H16N2OS/c1-10(2)18-14-8-7-13(15-16-14)11-5-4-6-12(9-11)17-3/h4-10H,1-3H3. The van der Waals surface area contributed by atoms with Gasteiger partial charge in [0.05, 0.1) is 12.8 Å². The van der Waals surface area contributed by atoms with E-state index in [2.05, 4.69) is 24.0 Å². The third kappa shape index (κ3) is 3.23. The summed E-state index contributed by atoms with van der Waals surface area (Å²) in [5.41, 5.74) is 1.88. The van der Waals surface area contributed by atoms with Crippen molar-refractivity contribution in [3.63, 3.8) is 0 Å². The Bertz CT molecular complexity index is 511. The fraction of sp³-hybridized carbons (Fsp3) is 0.286. The summed E-state index contributed by atoms with van der Waals surface area (Å²) in [6.45, 7) is 4.28. The highest BCUT2D eigenvalue weighted by molar-refractivity contribution is 7.99. The summed E-state index contributed by atoms with van der Waals surface area (Å²) in [6, 6.07) is 11.8. The van der Waals surface area contributed by atoms with Crippen LogP contribution < -0.4 is 4.74 Å². The number of rotatable bonds is 4. The Morgan fingerprint density at radius 1 is 1.11 bits per heavy atom. The average molecular weight is 260 g/mol. The SMILES string of the molecule is COc1cccc(-c2ccc(SC(C)C)nn2)c1. The second-order valence-corrected chi connectivity index (χ2v) is 5.75. The van der Waals surface area contributed by atoms with Gasteiger partial charge in [-0.2, -0.15) is 0 Å². The molecule has 0 amide bonds. The number of ether oxygens (including phenoxy) is 1. The van der Waals surface area contributed by atoms with E-state index in [1.54, 1.807) is 18.9 Å². The van der Waals surface area contributed by atoms with Crippen molar-refractivity contribution in [1.82, 2.24) is 10.2 Å². The lowest BCUT2D eigenvalue weighted by molar-refractivity contribution is 0.415. The Labute approximate surface area is 112 Å². The molecular formula is C14H16N2OS. The van der Waals surface area contributed by atoms with E-state index in [1.165, 1.54) is 0 Å². The first-order valence-electron chi connectivity index (χ1n) is 5.84. The third-order valence-electron chi connectivity index (χ3n) is 2.36. The van der Waals surface area contributed by atoms with Gasteiger partial charge >= 0.3 is 0 Å². The van der Waals surface area contributed by atoms with Crippen LogP contribution in [-0.2, 0) is 0 Å². The molecule has 0 aliphatic rings. The molecule has 0 saturated carbocycles. The van der Waals surface area contributed by atoms with Crippen molar-refractivity contribution in [2.24, 2.45) is 0 Å². The first kappa shape index (κ1) is 12.9. The molecule has 0 N–H and O–H groups in total. The second kappa shape index (κ2) is 5.87. The van der Waals surface area contributed by atoms with Crippen LogP contribution in [-0.4, -0.2) is 22.6 Å². The molecular weight excluding hydrogens is 244 g/mol. The van der Waals surface area contributed by atoms with E-state index in [0.717, 1.165) is 22.0 Å². The van der Waals surface area contributed by atoms with E-state index in [9.17, 15) is 0 Å². The molecule has 4 heteroatoms. The quantitative estimate of drug-likeness (QED) is 0.786. The molecule has 3 nitrogen and oxygen atoms in total. The van der Waals surface area contributed by atoms with Crippen LogP contribution in [0.3, 0.4) is 0 Å². The Kier molecular flexibility index (Phi) is 4.20. The van der Waals surface area contributed by atoms with Gasteiger partial charge < -0.3 is 4.74 Å². The summed E-state index contributed by atoms with van der Waals surface area (Å²) in [4.78, 5) is 0. The first-order valence-corrected chi connectivity index (χ1v) is 6.72. The molecule has 1 aromatic heterocycles. The Hall–Kier alpha value is -1.55. The molecule has 0 radical (unpaired) electrons. The maximum atomic E-state index is 5.20. The van der Waals surface area contributed by atoms with Crippen LogP contribution in [0.2, 0.25) is 0 Å². The fourth-order valence-electron chi connectivity index (χ4n) is 1.56. The maximum Gasteiger partial charge on any atom is 0.119 e. The Balaban J connectivity index is 2.22. The van der Waals surface area contributed by atoms with Crippen LogP contribution in [0, 0.1) is 0 Å². The predicted octanol–water partition coefficient (Wildman–Crippen LogP) is 3.65. The molecule has 94 valence electrons. The minimum Gasteiger partial charge on any atom is -0.497 e. The van der Waals surface area contributed by atoms with Gasteiger partial charge in [0.15, 0.2) is 0 Å². The topological polar surface area (TPSA) is 35.0 Å². The van der Waals surface area contributed by atoms with Gasteiger partial charge in [-0.05, 0) is 24.3 Å². The number of hydrogen-bond acceptors (Lipinski definition) is 4. The number of aromatic nitrogens is 2. The van der Waals surface area contributed by atoms with Crippen LogP contribution in [0.15, 0.2) is 41.4 Å². The molecule has 0 unspecified atom stereocenters. The number of benzene rings is 1. The number of methoxy groups -OCH3 is 1. The van der Waals surface area contributed by atoms with Crippen molar-refractivity contribution < 1.29 is 4.74 Å². The summed E-state index contributed by atoms with van der Waals surface area (Å²) in [7, 11) is 1.66. The lowest BCUT2D eigenvalue weighted by Gasteiger charge is -2.05. The van der Waals surface area contributed by atoms with Crippen molar-refractivity contribution in [3.05, 3.63) is 36.4 Å². The average Bonchev–Trinajstić information content (AvgIpc) is 2.39. The highest BCUT2D eigenvalue weighted by Crippen LogP contribution is 2.24. The molecule has 0 aliphatic carbocycles. The number of hydrogen-bond donors (Lipinski definition) is 0. The van der Waals surface area contributed by atoms with E-state index >= 15 is 0 Å². The zero-order valence-electron chi connectivity index (χ0n) is 10.8. The maximum absolute atomic E-state index is 5.20. The van der Waals surface area contributed by atoms with E-state index in [4.69, 9.17) is 4.74 Å². The number of thioether (sulfide) groups is 1. The van der Waals surface area contributed by atoms with Crippen LogP contribution in [0.4, 0.5) is 0 Å². The van der Waals surface area contributed by atoms with Gasteiger partial charge in [0.1, 0.15) is 10.8 Å². The second-order valence-electron chi connectivity index (χ2n) is 4.16. The molecule has 0 aliphatic heterocycles. The predicted molar refractivity (Wildman–Crippen MR) is 75.0 cm³/mol.